The molecule has 1 aromatic rings. The molecule has 0 atom stereocenters. The van der Waals surface area contributed by atoms with Crippen LogP contribution < -0.4 is 9.47 Å². The van der Waals surface area contributed by atoms with Gasteiger partial charge in [-0.3, -0.25) is 0 Å². The van der Waals surface area contributed by atoms with E-state index >= 15 is 0 Å². The highest BCUT2D eigenvalue weighted by molar-refractivity contribution is 9.10. The Morgan fingerprint density at radius 1 is 1.40 bits per heavy atom. The van der Waals surface area contributed by atoms with Crippen molar-refractivity contribution in [1.82, 2.24) is 4.98 Å². The van der Waals surface area contributed by atoms with Crippen LogP contribution in [0.3, 0.4) is 0 Å². The molecule has 10 heavy (non-hydrogen) atoms. The molecule has 0 radical (unpaired) electrons. The third-order valence-electron chi connectivity index (χ3n) is 1.23. The molecule has 0 unspecified atom stereocenters. The van der Waals surface area contributed by atoms with Crippen LogP contribution in [0.4, 0.5) is 0 Å². The maximum atomic E-state index is 5.09. The van der Waals surface area contributed by atoms with E-state index in [4.69, 9.17) is 9.47 Å². The van der Waals surface area contributed by atoms with Crippen molar-refractivity contribution in [2.75, 3.05) is 6.79 Å². The minimum Gasteiger partial charge on any atom is -0.453 e. The summed E-state index contributed by atoms with van der Waals surface area (Å²) < 4.78 is 10.9. The number of ether oxygens (including phenoxy) is 2. The van der Waals surface area contributed by atoms with E-state index < -0.39 is 0 Å². The summed E-state index contributed by atoms with van der Waals surface area (Å²) in [5, 5.41) is 0. The van der Waals surface area contributed by atoms with Crippen LogP contribution in [0.25, 0.3) is 0 Å². The Balaban J connectivity index is 2.52. The van der Waals surface area contributed by atoms with Crippen molar-refractivity contribution in [3.05, 3.63) is 16.9 Å². The zero-order valence-electron chi connectivity index (χ0n) is 5.00. The van der Waals surface area contributed by atoms with Crippen molar-refractivity contribution in [2.45, 2.75) is 0 Å². The Morgan fingerprint density at radius 2 is 2.20 bits per heavy atom. The first kappa shape index (κ1) is 5.97. The zero-order chi connectivity index (χ0) is 6.97. The van der Waals surface area contributed by atoms with E-state index in [2.05, 4.69) is 20.9 Å². The molecule has 2 heterocycles. The van der Waals surface area contributed by atoms with Crippen molar-refractivity contribution >= 4 is 15.9 Å². The molecule has 4 heteroatoms. The Bertz CT molecular complexity index is 264. The van der Waals surface area contributed by atoms with Crippen LogP contribution in [0.2, 0.25) is 0 Å². The molecule has 1 aromatic heterocycles. The van der Waals surface area contributed by atoms with Crippen LogP contribution in [0.1, 0.15) is 0 Å². The summed E-state index contributed by atoms with van der Waals surface area (Å²) in [5.74, 6) is 1.46. The standard InChI is InChI=1S/C6H4BrNO2/c7-6-1-4-5(2-8-6)10-3-9-4/h1-2H,3H2. The zero-order valence-corrected chi connectivity index (χ0v) is 6.59. The monoisotopic (exact) mass is 201 g/mol. The molecule has 1 aliphatic heterocycles. The first-order chi connectivity index (χ1) is 4.86. The average molecular weight is 202 g/mol. The lowest BCUT2D eigenvalue weighted by Gasteiger charge is -1.92. The number of fused-ring (bicyclic) bond motifs is 1. The summed E-state index contributed by atoms with van der Waals surface area (Å²) in [5.41, 5.74) is 0. The fourth-order valence-corrected chi connectivity index (χ4v) is 1.09. The van der Waals surface area contributed by atoms with Crippen molar-refractivity contribution in [1.29, 1.82) is 0 Å². The van der Waals surface area contributed by atoms with Crippen molar-refractivity contribution in [3.63, 3.8) is 0 Å². The van der Waals surface area contributed by atoms with Crippen LogP contribution in [-0.4, -0.2) is 11.8 Å². The maximum Gasteiger partial charge on any atom is 0.231 e. The molecule has 0 spiro atoms. The van der Waals surface area contributed by atoms with Crippen LogP contribution >= 0.6 is 15.9 Å². The van der Waals surface area contributed by atoms with E-state index in [-0.39, 0.29) is 0 Å². The minimum absolute atomic E-state index is 0.299. The summed E-state index contributed by atoms with van der Waals surface area (Å²) in [4.78, 5) is 3.96. The third-order valence-corrected chi connectivity index (χ3v) is 1.66. The van der Waals surface area contributed by atoms with E-state index in [1.54, 1.807) is 12.3 Å². The summed E-state index contributed by atoms with van der Waals surface area (Å²) >= 11 is 3.22. The maximum absolute atomic E-state index is 5.09. The number of halogens is 1. The van der Waals surface area contributed by atoms with Gasteiger partial charge in [0.05, 0.1) is 6.20 Å². The topological polar surface area (TPSA) is 31.4 Å². The molecule has 0 saturated carbocycles. The number of hydrogen-bond acceptors (Lipinski definition) is 3. The summed E-state index contributed by atoms with van der Waals surface area (Å²) in [6.45, 7) is 0.299. The van der Waals surface area contributed by atoms with E-state index in [0.29, 0.717) is 12.5 Å². The molecule has 0 aliphatic carbocycles. The van der Waals surface area contributed by atoms with Crippen LogP contribution in [0.15, 0.2) is 16.9 Å². The lowest BCUT2D eigenvalue weighted by molar-refractivity contribution is 0.174. The second-order valence-corrected chi connectivity index (χ2v) is 2.67. The summed E-state index contributed by atoms with van der Waals surface area (Å²) in [6, 6.07) is 1.78. The molecule has 0 aromatic carbocycles. The fourth-order valence-electron chi connectivity index (χ4n) is 0.778. The summed E-state index contributed by atoms with van der Waals surface area (Å²) in [6.07, 6.45) is 1.63. The van der Waals surface area contributed by atoms with Crippen LogP contribution in [0, 0.1) is 0 Å². The summed E-state index contributed by atoms with van der Waals surface area (Å²) in [7, 11) is 0. The molecule has 0 amide bonds. The number of pyridine rings is 1. The Hall–Kier alpha value is -0.770. The molecule has 0 N–H and O–H groups in total. The minimum atomic E-state index is 0.299. The Morgan fingerprint density at radius 3 is 3.10 bits per heavy atom. The van der Waals surface area contributed by atoms with Crippen LogP contribution in [-0.2, 0) is 0 Å². The molecule has 52 valence electrons. The van der Waals surface area contributed by atoms with Crippen molar-refractivity contribution < 1.29 is 9.47 Å². The highest BCUT2D eigenvalue weighted by atomic mass is 79.9. The molecule has 1 aliphatic rings. The Kier molecular flexibility index (Phi) is 1.27. The van der Waals surface area contributed by atoms with Crippen LogP contribution in [0.5, 0.6) is 11.5 Å². The van der Waals surface area contributed by atoms with Gasteiger partial charge in [-0.1, -0.05) is 0 Å². The van der Waals surface area contributed by atoms with Gasteiger partial charge >= 0.3 is 0 Å². The van der Waals surface area contributed by atoms with Crippen molar-refractivity contribution in [3.8, 4) is 11.5 Å². The smallest absolute Gasteiger partial charge is 0.231 e. The number of nitrogens with zero attached hydrogens (tertiary/aromatic N) is 1. The molecular weight excluding hydrogens is 198 g/mol. The molecule has 0 bridgehead atoms. The van der Waals surface area contributed by atoms with Gasteiger partial charge in [0.25, 0.3) is 0 Å². The number of aromatic nitrogens is 1. The quantitative estimate of drug-likeness (QED) is 0.598. The first-order valence-electron chi connectivity index (χ1n) is 2.77. The number of rotatable bonds is 0. The van der Waals surface area contributed by atoms with Gasteiger partial charge in [0.1, 0.15) is 4.60 Å². The van der Waals surface area contributed by atoms with Gasteiger partial charge < -0.3 is 9.47 Å². The second kappa shape index (κ2) is 2.12. The van der Waals surface area contributed by atoms with E-state index in [1.165, 1.54) is 0 Å². The van der Waals surface area contributed by atoms with E-state index in [0.717, 1.165) is 10.4 Å². The normalized spacial score (nSPS) is 13.7. The molecule has 0 saturated heterocycles. The SMILES string of the molecule is Brc1cc2c(cn1)OCO2. The van der Waals surface area contributed by atoms with E-state index in [1.807, 2.05) is 0 Å². The highest BCUT2D eigenvalue weighted by Gasteiger charge is 2.12. The predicted octanol–water partition coefficient (Wildman–Crippen LogP) is 1.57. The second-order valence-electron chi connectivity index (χ2n) is 1.86. The third kappa shape index (κ3) is 0.844. The average Bonchev–Trinajstić information content (AvgIpc) is 2.33. The van der Waals surface area contributed by atoms with Gasteiger partial charge in [0, 0.05) is 6.07 Å². The molecule has 3 nitrogen and oxygen atoms in total. The molecule has 0 fully saturated rings. The van der Waals surface area contributed by atoms with Gasteiger partial charge in [-0.2, -0.15) is 0 Å². The molecule has 2 rings (SSSR count). The van der Waals surface area contributed by atoms with Gasteiger partial charge in [-0.15, -0.1) is 0 Å². The fraction of sp³-hybridized carbons (Fsp3) is 0.167. The van der Waals surface area contributed by atoms with Gasteiger partial charge in [-0.05, 0) is 15.9 Å². The highest BCUT2D eigenvalue weighted by Crippen LogP contribution is 2.32. The van der Waals surface area contributed by atoms with Crippen molar-refractivity contribution in [2.24, 2.45) is 0 Å². The Labute approximate surface area is 66.1 Å². The van der Waals surface area contributed by atoms with E-state index in [9.17, 15) is 0 Å². The first-order valence-corrected chi connectivity index (χ1v) is 3.57. The predicted molar refractivity (Wildman–Crippen MR) is 38.1 cm³/mol. The molecular formula is C6H4BrNO2. The largest absolute Gasteiger partial charge is 0.453 e. The van der Waals surface area contributed by atoms with Gasteiger partial charge in [-0.25, -0.2) is 4.98 Å². The number of hydrogen-bond donors (Lipinski definition) is 0. The van der Waals surface area contributed by atoms with Gasteiger partial charge in [0.15, 0.2) is 11.5 Å². The lowest BCUT2D eigenvalue weighted by atomic mass is 10.4. The lowest BCUT2D eigenvalue weighted by Crippen LogP contribution is -1.92. The van der Waals surface area contributed by atoms with Gasteiger partial charge in [0.2, 0.25) is 6.79 Å².